The quantitative estimate of drug-likeness (QED) is 0.391. The first-order valence-corrected chi connectivity index (χ1v) is 3.40. The third-order valence-corrected chi connectivity index (χ3v) is 1.51. The maximum absolute atomic E-state index is 12.7. The Kier molecular flexibility index (Phi) is 3.01. The summed E-state index contributed by atoms with van der Waals surface area (Å²) in [6, 6.07) is -0.192. The molecule has 0 spiro atoms. The van der Waals surface area contributed by atoms with Crippen molar-refractivity contribution in [2.24, 2.45) is 0 Å². The van der Waals surface area contributed by atoms with E-state index in [1.54, 1.807) is 0 Å². The molecule has 0 aliphatic rings. The molecule has 0 aliphatic heterocycles. The molecule has 0 unspecified atom stereocenters. The fraction of sp³-hybridized carbons (Fsp3) is 0. The topological polar surface area (TPSA) is 0 Å². The van der Waals surface area contributed by atoms with Gasteiger partial charge in [0.25, 0.3) is 0 Å². The van der Waals surface area contributed by atoms with Crippen LogP contribution < -0.4 is 0 Å². The second-order valence-corrected chi connectivity index (χ2v) is 2.42. The Hall–Kier alpha value is -1.53. The molecule has 0 heterocycles. The van der Waals surface area contributed by atoms with Gasteiger partial charge in [-0.3, -0.25) is 0 Å². The minimum absolute atomic E-state index is 0.192. The van der Waals surface area contributed by atoms with Crippen molar-refractivity contribution in [3.8, 4) is 0 Å². The maximum atomic E-state index is 12.7. The number of benzene rings is 1. The van der Waals surface area contributed by atoms with Crippen LogP contribution in [0.15, 0.2) is 12.1 Å². The first-order chi connectivity index (χ1) is 6.86. The van der Waals surface area contributed by atoms with Crippen molar-refractivity contribution in [2.75, 3.05) is 0 Å². The highest BCUT2D eigenvalue weighted by molar-refractivity contribution is 5.60. The van der Waals surface area contributed by atoms with Crippen molar-refractivity contribution in [3.05, 3.63) is 41.0 Å². The maximum Gasteiger partial charge on any atom is 0.306 e. The average Bonchev–Trinajstić information content (AvgIpc) is 2.19. The molecule has 7 heteroatoms. The van der Waals surface area contributed by atoms with E-state index in [0.717, 1.165) is 0 Å². The lowest BCUT2D eigenvalue weighted by molar-refractivity contribution is 0.396. The van der Waals surface area contributed by atoms with E-state index in [-0.39, 0.29) is 6.07 Å². The van der Waals surface area contributed by atoms with E-state index in [4.69, 9.17) is 0 Å². The zero-order chi connectivity index (χ0) is 11.7. The summed E-state index contributed by atoms with van der Waals surface area (Å²) in [5.74, 6) is -11.1. The standard InChI is InChI=1S/C8HF7/c9-3-1-2(5(11)8(14)15)4(10)7(13)6(3)12/h1H. The molecule has 1 aromatic rings. The van der Waals surface area contributed by atoms with E-state index in [2.05, 4.69) is 0 Å². The molecule has 0 saturated carbocycles. The van der Waals surface area contributed by atoms with Crippen LogP contribution in [0.5, 0.6) is 0 Å². The first-order valence-electron chi connectivity index (χ1n) is 3.40. The van der Waals surface area contributed by atoms with Gasteiger partial charge < -0.3 is 0 Å². The van der Waals surface area contributed by atoms with E-state index in [0.29, 0.717) is 0 Å². The van der Waals surface area contributed by atoms with Crippen LogP contribution >= 0.6 is 0 Å². The Labute approximate surface area is 78.6 Å². The van der Waals surface area contributed by atoms with E-state index in [1.807, 2.05) is 0 Å². The Bertz CT molecular complexity index is 431. The molecule has 0 N–H and O–H groups in total. The molecule has 15 heavy (non-hydrogen) atoms. The van der Waals surface area contributed by atoms with Gasteiger partial charge in [0, 0.05) is 0 Å². The van der Waals surface area contributed by atoms with E-state index in [9.17, 15) is 30.7 Å². The second-order valence-electron chi connectivity index (χ2n) is 2.42. The van der Waals surface area contributed by atoms with Gasteiger partial charge in [0.1, 0.15) is 0 Å². The molecule has 0 amide bonds. The van der Waals surface area contributed by atoms with Crippen LogP contribution in [-0.2, 0) is 0 Å². The Morgan fingerprint density at radius 2 is 1.33 bits per heavy atom. The third-order valence-electron chi connectivity index (χ3n) is 1.51. The van der Waals surface area contributed by atoms with Gasteiger partial charge in [0.05, 0.1) is 5.56 Å². The van der Waals surface area contributed by atoms with Crippen LogP contribution in [0.2, 0.25) is 0 Å². The fourth-order valence-corrected chi connectivity index (χ4v) is 0.834. The highest BCUT2D eigenvalue weighted by Gasteiger charge is 2.23. The summed E-state index contributed by atoms with van der Waals surface area (Å²) in [4.78, 5) is 0. The molecule has 1 aromatic carbocycles. The SMILES string of the molecule is FC(F)=C(F)c1cc(F)c(F)c(F)c1F. The predicted molar refractivity (Wildman–Crippen MR) is 36.5 cm³/mol. The number of hydrogen-bond donors (Lipinski definition) is 0. The monoisotopic (exact) mass is 230 g/mol. The highest BCUT2D eigenvalue weighted by Crippen LogP contribution is 2.28. The van der Waals surface area contributed by atoms with E-state index in [1.165, 1.54) is 0 Å². The first kappa shape index (κ1) is 11.5. The van der Waals surface area contributed by atoms with Crippen molar-refractivity contribution in [3.63, 3.8) is 0 Å². The molecule has 0 aliphatic carbocycles. The minimum atomic E-state index is -2.96. The molecule has 0 aromatic heterocycles. The Morgan fingerprint density at radius 3 is 1.80 bits per heavy atom. The third kappa shape index (κ3) is 1.95. The summed E-state index contributed by atoms with van der Waals surface area (Å²) in [6.45, 7) is 0. The van der Waals surface area contributed by atoms with Crippen LogP contribution in [0, 0.1) is 23.3 Å². The van der Waals surface area contributed by atoms with Crippen LogP contribution in [0.3, 0.4) is 0 Å². The van der Waals surface area contributed by atoms with Crippen molar-refractivity contribution in [2.45, 2.75) is 0 Å². The zero-order valence-electron chi connectivity index (χ0n) is 6.72. The largest absolute Gasteiger partial charge is 0.306 e. The smallest absolute Gasteiger partial charge is 0.204 e. The lowest BCUT2D eigenvalue weighted by atomic mass is 10.1. The number of rotatable bonds is 1. The van der Waals surface area contributed by atoms with Crippen molar-refractivity contribution in [1.82, 2.24) is 0 Å². The van der Waals surface area contributed by atoms with Crippen LogP contribution in [-0.4, -0.2) is 0 Å². The van der Waals surface area contributed by atoms with Crippen LogP contribution in [0.1, 0.15) is 5.56 Å². The number of halogens is 7. The van der Waals surface area contributed by atoms with E-state index < -0.39 is 40.7 Å². The van der Waals surface area contributed by atoms with E-state index >= 15 is 0 Å². The minimum Gasteiger partial charge on any atom is -0.204 e. The van der Waals surface area contributed by atoms with Crippen molar-refractivity contribution >= 4 is 5.83 Å². The van der Waals surface area contributed by atoms with Crippen LogP contribution in [0.4, 0.5) is 30.7 Å². The van der Waals surface area contributed by atoms with Gasteiger partial charge in [-0.15, -0.1) is 0 Å². The van der Waals surface area contributed by atoms with Gasteiger partial charge in [-0.1, -0.05) is 0 Å². The number of hydrogen-bond acceptors (Lipinski definition) is 0. The lowest BCUT2D eigenvalue weighted by Crippen LogP contribution is -2.00. The molecular formula is C8HF7. The molecule has 0 atom stereocenters. The molecule has 0 bridgehead atoms. The van der Waals surface area contributed by atoms with Gasteiger partial charge >= 0.3 is 6.08 Å². The summed E-state index contributed by atoms with van der Waals surface area (Å²) in [5.41, 5.74) is -1.66. The van der Waals surface area contributed by atoms with Gasteiger partial charge in [-0.2, -0.15) is 8.78 Å². The summed E-state index contributed by atoms with van der Waals surface area (Å²) >= 11 is 0. The molecule has 82 valence electrons. The molecule has 0 nitrogen and oxygen atoms in total. The van der Waals surface area contributed by atoms with Crippen LogP contribution in [0.25, 0.3) is 5.83 Å². The van der Waals surface area contributed by atoms with Gasteiger partial charge in [-0.05, 0) is 6.07 Å². The summed E-state index contributed by atoms with van der Waals surface area (Å²) in [7, 11) is 0. The molecular weight excluding hydrogens is 229 g/mol. The molecule has 1 rings (SSSR count). The predicted octanol–water partition coefficient (Wildman–Crippen LogP) is 3.78. The molecule has 0 saturated heterocycles. The van der Waals surface area contributed by atoms with Crippen molar-refractivity contribution in [1.29, 1.82) is 0 Å². The highest BCUT2D eigenvalue weighted by atomic mass is 19.3. The van der Waals surface area contributed by atoms with Gasteiger partial charge in [0.15, 0.2) is 29.1 Å². The van der Waals surface area contributed by atoms with Gasteiger partial charge in [0.2, 0.25) is 0 Å². The van der Waals surface area contributed by atoms with Gasteiger partial charge in [-0.25, -0.2) is 22.0 Å². The summed E-state index contributed by atoms with van der Waals surface area (Å²) < 4.78 is 85.6. The summed E-state index contributed by atoms with van der Waals surface area (Å²) in [5, 5.41) is 0. The fourth-order valence-electron chi connectivity index (χ4n) is 0.834. The Morgan fingerprint density at radius 1 is 0.800 bits per heavy atom. The average molecular weight is 230 g/mol. The molecule has 0 radical (unpaired) electrons. The van der Waals surface area contributed by atoms with Crippen molar-refractivity contribution < 1.29 is 30.7 Å². The molecule has 0 fully saturated rings. The zero-order valence-corrected chi connectivity index (χ0v) is 6.72. The second kappa shape index (κ2) is 3.92. The lowest BCUT2D eigenvalue weighted by Gasteiger charge is -2.02. The Balaban J connectivity index is 3.53. The summed E-state index contributed by atoms with van der Waals surface area (Å²) in [6.07, 6.45) is -2.96. The normalized spacial score (nSPS) is 10.3.